The van der Waals surface area contributed by atoms with Crippen molar-refractivity contribution in [2.45, 2.75) is 13.8 Å². The zero-order valence-electron chi connectivity index (χ0n) is 14.9. The highest BCUT2D eigenvalue weighted by molar-refractivity contribution is 6.32. The van der Waals surface area contributed by atoms with Gasteiger partial charge in [-0.1, -0.05) is 11.6 Å². The highest BCUT2D eigenvalue weighted by Crippen LogP contribution is 2.36. The molecule has 0 spiro atoms. The molecule has 1 aromatic rings. The molecule has 0 unspecified atom stereocenters. The first kappa shape index (κ1) is 21.2. The Kier molecular flexibility index (Phi) is 7.86. The molecule has 140 valence electrons. The summed E-state index contributed by atoms with van der Waals surface area (Å²) in [7, 11) is 2.92. The van der Waals surface area contributed by atoms with Gasteiger partial charge in [0, 0.05) is 11.8 Å². The lowest BCUT2D eigenvalue weighted by molar-refractivity contribution is -0.137. The van der Waals surface area contributed by atoms with Gasteiger partial charge in [0.15, 0.2) is 17.3 Å². The van der Waals surface area contributed by atoms with Gasteiger partial charge < -0.3 is 24.7 Å². The zero-order valence-corrected chi connectivity index (χ0v) is 15.6. The fourth-order valence-electron chi connectivity index (χ4n) is 2.14. The minimum Gasteiger partial charge on any atom is -0.508 e. The van der Waals surface area contributed by atoms with Crippen LogP contribution in [0.1, 0.15) is 19.4 Å². The third-order valence-electron chi connectivity index (χ3n) is 3.23. The van der Waals surface area contributed by atoms with Crippen LogP contribution in [0, 0.1) is 5.41 Å². The third-order valence-corrected chi connectivity index (χ3v) is 3.52. The number of ketones is 1. The molecule has 0 atom stereocenters. The number of aliphatic hydroxyl groups excluding tert-OH is 1. The number of carbonyl (C=O) groups excluding carboxylic acids is 2. The van der Waals surface area contributed by atoms with Crippen LogP contribution in [0.4, 0.5) is 0 Å². The second-order valence-electron chi connectivity index (χ2n) is 5.18. The number of rotatable bonds is 8. The van der Waals surface area contributed by atoms with Crippen molar-refractivity contribution in [3.05, 3.63) is 40.1 Å². The van der Waals surface area contributed by atoms with Gasteiger partial charge in [-0.25, -0.2) is 4.79 Å². The number of allylic oxidation sites excluding steroid dienone is 1. The maximum atomic E-state index is 11.8. The summed E-state index contributed by atoms with van der Waals surface area (Å²) >= 11 is 6.08. The van der Waals surface area contributed by atoms with E-state index in [1.807, 2.05) is 0 Å². The van der Waals surface area contributed by atoms with Gasteiger partial charge in [0.2, 0.25) is 0 Å². The van der Waals surface area contributed by atoms with E-state index in [0.717, 1.165) is 6.08 Å². The molecule has 1 rings (SSSR count). The normalized spacial score (nSPS) is 11.7. The first-order valence-electron chi connectivity index (χ1n) is 7.46. The van der Waals surface area contributed by atoms with Crippen LogP contribution in [0.2, 0.25) is 5.02 Å². The van der Waals surface area contributed by atoms with Crippen LogP contribution in [0.3, 0.4) is 0 Å². The predicted octanol–water partition coefficient (Wildman–Crippen LogP) is 3.35. The van der Waals surface area contributed by atoms with Crippen LogP contribution in [-0.2, 0) is 14.3 Å². The number of ether oxygens (including phenoxy) is 3. The number of benzene rings is 1. The molecule has 0 fully saturated rings. The second kappa shape index (κ2) is 9.62. The minimum absolute atomic E-state index is 0.110. The summed E-state index contributed by atoms with van der Waals surface area (Å²) in [6.45, 7) is 2.06. The Bertz CT molecular complexity index is 766. The largest absolute Gasteiger partial charge is 0.508 e. The van der Waals surface area contributed by atoms with E-state index >= 15 is 0 Å². The molecule has 0 aliphatic carbocycles. The monoisotopic (exact) mass is 381 g/mol. The number of Topliss-reactive ketones (excluding diaryl/α,β-unsaturated/α-hetero) is 1. The average Bonchev–Trinajstić information content (AvgIpc) is 2.56. The summed E-state index contributed by atoms with van der Waals surface area (Å²) in [4.78, 5) is 23.2. The van der Waals surface area contributed by atoms with E-state index in [-0.39, 0.29) is 11.3 Å². The Morgan fingerprint density at radius 3 is 2.38 bits per heavy atom. The number of esters is 1. The summed E-state index contributed by atoms with van der Waals surface area (Å²) in [6.07, 6.45) is 2.58. The van der Waals surface area contributed by atoms with Crippen LogP contribution < -0.4 is 9.47 Å². The summed E-state index contributed by atoms with van der Waals surface area (Å²) in [5.41, 5.74) is 0.291. The van der Waals surface area contributed by atoms with E-state index in [1.54, 1.807) is 12.1 Å². The molecule has 8 heteroatoms. The second-order valence-corrected chi connectivity index (χ2v) is 5.59. The van der Waals surface area contributed by atoms with E-state index in [0.29, 0.717) is 22.1 Å². The molecule has 0 saturated carbocycles. The maximum absolute atomic E-state index is 11.8. The summed E-state index contributed by atoms with van der Waals surface area (Å²) in [5, 5.41) is 17.6. The SMILES string of the molecule is COc1cc(/C=C/C(=O)OC/C(O)=C(\C(C)=N)C(C)=O)cc(Cl)c1OC. The fraction of sp³-hybridized carbons (Fsp3) is 0.278. The van der Waals surface area contributed by atoms with Crippen molar-refractivity contribution in [1.29, 1.82) is 5.41 Å². The Hall–Kier alpha value is -2.80. The predicted molar refractivity (Wildman–Crippen MR) is 98.3 cm³/mol. The molecule has 0 saturated heterocycles. The molecule has 0 radical (unpaired) electrons. The van der Waals surface area contributed by atoms with Gasteiger partial charge in [0.05, 0.1) is 24.8 Å². The van der Waals surface area contributed by atoms with Gasteiger partial charge in [-0.05, 0) is 37.6 Å². The van der Waals surface area contributed by atoms with Gasteiger partial charge in [-0.15, -0.1) is 0 Å². The highest BCUT2D eigenvalue weighted by Gasteiger charge is 2.14. The molecular formula is C18H20ClNO6. The van der Waals surface area contributed by atoms with Crippen molar-refractivity contribution in [1.82, 2.24) is 0 Å². The molecular weight excluding hydrogens is 362 g/mol. The quantitative estimate of drug-likeness (QED) is 0.309. The van der Waals surface area contributed by atoms with Gasteiger partial charge in [-0.2, -0.15) is 0 Å². The molecule has 7 nitrogen and oxygen atoms in total. The van der Waals surface area contributed by atoms with Crippen molar-refractivity contribution in [3.8, 4) is 11.5 Å². The highest BCUT2D eigenvalue weighted by atomic mass is 35.5. The van der Waals surface area contributed by atoms with Crippen molar-refractivity contribution in [2.75, 3.05) is 20.8 Å². The summed E-state index contributed by atoms with van der Waals surface area (Å²) < 4.78 is 15.2. The minimum atomic E-state index is -0.743. The van der Waals surface area contributed by atoms with Crippen molar-refractivity contribution in [2.24, 2.45) is 0 Å². The number of hydrogen-bond donors (Lipinski definition) is 2. The van der Waals surface area contributed by atoms with E-state index in [2.05, 4.69) is 0 Å². The molecule has 2 N–H and O–H groups in total. The molecule has 1 aromatic carbocycles. The van der Waals surface area contributed by atoms with E-state index in [9.17, 15) is 14.7 Å². The number of hydrogen-bond acceptors (Lipinski definition) is 7. The lowest BCUT2D eigenvalue weighted by Gasteiger charge is -2.10. The Balaban J connectivity index is 2.86. The molecule has 0 heterocycles. The zero-order chi connectivity index (χ0) is 19.9. The molecule has 0 aromatic heterocycles. The maximum Gasteiger partial charge on any atom is 0.331 e. The Labute approximate surface area is 156 Å². The van der Waals surface area contributed by atoms with Gasteiger partial charge in [0.1, 0.15) is 12.4 Å². The topological polar surface area (TPSA) is 106 Å². The number of nitrogens with one attached hydrogen (secondary N) is 1. The molecule has 26 heavy (non-hydrogen) atoms. The molecule has 0 aliphatic rings. The number of halogens is 1. The number of aliphatic hydroxyl groups is 1. The molecule has 0 aliphatic heterocycles. The Morgan fingerprint density at radius 2 is 1.88 bits per heavy atom. The van der Waals surface area contributed by atoms with Gasteiger partial charge in [-0.3, -0.25) is 4.79 Å². The smallest absolute Gasteiger partial charge is 0.331 e. The number of methoxy groups -OCH3 is 2. The van der Waals surface area contributed by atoms with Crippen LogP contribution >= 0.6 is 11.6 Å². The lowest BCUT2D eigenvalue weighted by atomic mass is 10.1. The van der Waals surface area contributed by atoms with Crippen LogP contribution in [0.25, 0.3) is 6.08 Å². The van der Waals surface area contributed by atoms with Crippen molar-refractivity contribution in [3.63, 3.8) is 0 Å². The fourth-order valence-corrected chi connectivity index (χ4v) is 2.44. The molecule has 0 amide bonds. The van der Waals surface area contributed by atoms with Crippen molar-refractivity contribution >= 4 is 35.1 Å². The van der Waals surface area contributed by atoms with Crippen LogP contribution in [0.5, 0.6) is 11.5 Å². The van der Waals surface area contributed by atoms with Crippen LogP contribution in [-0.4, -0.2) is 43.4 Å². The van der Waals surface area contributed by atoms with E-state index in [1.165, 1.54) is 34.1 Å². The van der Waals surface area contributed by atoms with Gasteiger partial charge in [0.25, 0.3) is 0 Å². The van der Waals surface area contributed by atoms with Crippen LogP contribution in [0.15, 0.2) is 29.5 Å². The average molecular weight is 382 g/mol. The first-order valence-corrected chi connectivity index (χ1v) is 7.84. The standard InChI is InChI=1S/C18H20ClNO6/c1-10(20)17(11(2)21)14(22)9-26-16(23)6-5-12-7-13(19)18(25-4)15(8-12)24-3/h5-8,20,22H,9H2,1-4H3/b6-5+,17-14-,20-10?. The number of carbonyl (C=O) groups is 2. The third kappa shape index (κ3) is 5.63. The lowest BCUT2D eigenvalue weighted by Crippen LogP contribution is -2.14. The molecule has 0 bridgehead atoms. The Morgan fingerprint density at radius 1 is 1.23 bits per heavy atom. The van der Waals surface area contributed by atoms with E-state index < -0.39 is 24.1 Å². The first-order chi connectivity index (χ1) is 12.2. The van der Waals surface area contributed by atoms with Gasteiger partial charge >= 0.3 is 5.97 Å². The van der Waals surface area contributed by atoms with Crippen molar-refractivity contribution < 1.29 is 28.9 Å². The summed E-state index contributed by atoms with van der Waals surface area (Å²) in [6, 6.07) is 3.20. The summed E-state index contributed by atoms with van der Waals surface area (Å²) in [5.74, 6) is -0.917. The van der Waals surface area contributed by atoms with E-state index in [4.69, 9.17) is 31.2 Å².